The van der Waals surface area contributed by atoms with Crippen LogP contribution in [0, 0.1) is 5.82 Å². The van der Waals surface area contributed by atoms with Gasteiger partial charge in [-0.2, -0.15) is 0 Å². The number of benzene rings is 1. The van der Waals surface area contributed by atoms with Crippen molar-refractivity contribution in [3.8, 4) is 0 Å². The van der Waals surface area contributed by atoms with E-state index in [2.05, 4.69) is 26.2 Å². The highest BCUT2D eigenvalue weighted by molar-refractivity contribution is 9.10. The number of rotatable bonds is 2. The van der Waals surface area contributed by atoms with E-state index in [1.54, 1.807) is 6.07 Å². The Labute approximate surface area is 116 Å². The number of amides is 1. The first-order chi connectivity index (χ1) is 8.56. The molecule has 1 heterocycles. The lowest BCUT2D eigenvalue weighted by Crippen LogP contribution is -2.12. The lowest BCUT2D eigenvalue weighted by molar-refractivity contribution is 0.102. The van der Waals surface area contributed by atoms with Crippen molar-refractivity contribution in [2.75, 3.05) is 5.32 Å². The van der Waals surface area contributed by atoms with Crippen molar-refractivity contribution in [2.45, 2.75) is 0 Å². The number of pyridine rings is 1. The van der Waals surface area contributed by atoms with Crippen molar-refractivity contribution in [2.24, 2.45) is 0 Å². The van der Waals surface area contributed by atoms with Gasteiger partial charge in [0.25, 0.3) is 5.91 Å². The molecule has 6 heteroatoms. The van der Waals surface area contributed by atoms with Gasteiger partial charge in [0.05, 0.1) is 4.47 Å². The Morgan fingerprint density at radius 1 is 1.33 bits per heavy atom. The third-order valence-corrected chi connectivity index (χ3v) is 2.99. The standard InChI is InChI=1S/C12H7BrClFN2O/c13-9-5-7(1-2-10(9)15)12(18)17-11-6-8(14)3-4-16-11/h1-6H,(H,16,17,18). The van der Waals surface area contributed by atoms with Crippen molar-refractivity contribution >= 4 is 39.3 Å². The number of aromatic nitrogens is 1. The van der Waals surface area contributed by atoms with E-state index in [1.807, 2.05) is 0 Å². The van der Waals surface area contributed by atoms with Gasteiger partial charge in [0, 0.05) is 16.8 Å². The topological polar surface area (TPSA) is 42.0 Å². The van der Waals surface area contributed by atoms with Gasteiger partial charge in [-0.3, -0.25) is 4.79 Å². The molecular weight excluding hydrogens is 322 g/mol. The zero-order valence-electron chi connectivity index (χ0n) is 8.95. The van der Waals surface area contributed by atoms with Crippen molar-refractivity contribution in [1.29, 1.82) is 0 Å². The summed E-state index contributed by atoms with van der Waals surface area (Å²) in [7, 11) is 0. The maximum atomic E-state index is 13.0. The molecule has 2 aromatic rings. The summed E-state index contributed by atoms with van der Waals surface area (Å²) in [4.78, 5) is 15.8. The highest BCUT2D eigenvalue weighted by atomic mass is 79.9. The number of carbonyl (C=O) groups excluding carboxylic acids is 1. The van der Waals surface area contributed by atoms with Crippen LogP contribution in [0.2, 0.25) is 5.02 Å². The van der Waals surface area contributed by atoms with Gasteiger partial charge >= 0.3 is 0 Å². The van der Waals surface area contributed by atoms with Crippen LogP contribution in [0.1, 0.15) is 10.4 Å². The van der Waals surface area contributed by atoms with E-state index in [1.165, 1.54) is 30.5 Å². The first-order valence-corrected chi connectivity index (χ1v) is 6.11. The van der Waals surface area contributed by atoms with Gasteiger partial charge in [-0.05, 0) is 46.3 Å². The van der Waals surface area contributed by atoms with Crippen LogP contribution in [0.5, 0.6) is 0 Å². The molecule has 0 saturated carbocycles. The number of hydrogen-bond acceptors (Lipinski definition) is 2. The molecule has 0 fully saturated rings. The van der Waals surface area contributed by atoms with E-state index < -0.39 is 5.82 Å². The van der Waals surface area contributed by atoms with E-state index >= 15 is 0 Å². The van der Waals surface area contributed by atoms with E-state index in [-0.39, 0.29) is 10.4 Å². The van der Waals surface area contributed by atoms with Crippen LogP contribution in [0.15, 0.2) is 41.0 Å². The second-order valence-corrected chi connectivity index (χ2v) is 4.73. The minimum absolute atomic E-state index is 0.231. The lowest BCUT2D eigenvalue weighted by atomic mass is 10.2. The molecule has 0 radical (unpaired) electrons. The van der Waals surface area contributed by atoms with Crippen LogP contribution < -0.4 is 5.32 Å². The van der Waals surface area contributed by atoms with Gasteiger partial charge in [-0.1, -0.05) is 11.6 Å². The summed E-state index contributed by atoms with van der Waals surface area (Å²) in [6.45, 7) is 0. The summed E-state index contributed by atoms with van der Waals surface area (Å²) in [5.74, 6) is -0.467. The second kappa shape index (κ2) is 5.46. The van der Waals surface area contributed by atoms with Gasteiger partial charge in [0.2, 0.25) is 0 Å². The molecule has 0 unspecified atom stereocenters. The molecule has 0 bridgehead atoms. The molecule has 3 nitrogen and oxygen atoms in total. The molecule has 1 amide bonds. The second-order valence-electron chi connectivity index (χ2n) is 3.44. The van der Waals surface area contributed by atoms with E-state index in [0.29, 0.717) is 16.4 Å². The fraction of sp³-hybridized carbons (Fsp3) is 0. The molecule has 18 heavy (non-hydrogen) atoms. The summed E-state index contributed by atoms with van der Waals surface area (Å²) in [5.41, 5.74) is 0.324. The Bertz CT molecular complexity index is 606. The number of carbonyl (C=O) groups is 1. The smallest absolute Gasteiger partial charge is 0.256 e. The molecule has 0 atom stereocenters. The third-order valence-electron chi connectivity index (χ3n) is 2.15. The molecule has 0 saturated heterocycles. The average Bonchev–Trinajstić information content (AvgIpc) is 2.32. The van der Waals surface area contributed by atoms with Crippen LogP contribution in [-0.2, 0) is 0 Å². The minimum Gasteiger partial charge on any atom is -0.307 e. The van der Waals surface area contributed by atoms with Crippen LogP contribution in [0.3, 0.4) is 0 Å². The van der Waals surface area contributed by atoms with Gasteiger partial charge < -0.3 is 5.32 Å². The highest BCUT2D eigenvalue weighted by Gasteiger charge is 2.09. The molecule has 1 aromatic heterocycles. The number of halogens is 3. The molecule has 1 aromatic carbocycles. The first-order valence-electron chi connectivity index (χ1n) is 4.94. The van der Waals surface area contributed by atoms with E-state index in [0.717, 1.165) is 0 Å². The van der Waals surface area contributed by atoms with E-state index in [4.69, 9.17) is 11.6 Å². The normalized spacial score (nSPS) is 10.2. The molecule has 92 valence electrons. The molecule has 2 rings (SSSR count). The molecule has 0 spiro atoms. The maximum absolute atomic E-state index is 13.0. The van der Waals surface area contributed by atoms with Gasteiger partial charge in [0.15, 0.2) is 0 Å². The Kier molecular flexibility index (Phi) is 3.93. The number of anilines is 1. The van der Waals surface area contributed by atoms with Gasteiger partial charge in [-0.25, -0.2) is 9.37 Å². The quantitative estimate of drug-likeness (QED) is 0.908. The lowest BCUT2D eigenvalue weighted by Gasteiger charge is -2.05. The third kappa shape index (κ3) is 3.05. The van der Waals surface area contributed by atoms with Crippen molar-refractivity contribution in [3.05, 3.63) is 57.4 Å². The molecular formula is C12H7BrClFN2O. The average molecular weight is 330 g/mol. The largest absolute Gasteiger partial charge is 0.307 e. The fourth-order valence-corrected chi connectivity index (χ4v) is 1.84. The minimum atomic E-state index is -0.424. The fourth-order valence-electron chi connectivity index (χ4n) is 1.30. The Morgan fingerprint density at radius 3 is 2.78 bits per heavy atom. The summed E-state index contributed by atoms with van der Waals surface area (Å²) < 4.78 is 13.3. The van der Waals surface area contributed by atoms with Crippen LogP contribution in [0.4, 0.5) is 10.2 Å². The van der Waals surface area contributed by atoms with Crippen LogP contribution >= 0.6 is 27.5 Å². The first kappa shape index (κ1) is 13.0. The maximum Gasteiger partial charge on any atom is 0.256 e. The van der Waals surface area contributed by atoms with Crippen LogP contribution in [0.25, 0.3) is 0 Å². The van der Waals surface area contributed by atoms with Crippen molar-refractivity contribution in [1.82, 2.24) is 4.98 Å². The SMILES string of the molecule is O=C(Nc1cc(Cl)ccn1)c1ccc(F)c(Br)c1. The highest BCUT2D eigenvalue weighted by Crippen LogP contribution is 2.18. The van der Waals surface area contributed by atoms with E-state index in [9.17, 15) is 9.18 Å². The molecule has 0 aliphatic carbocycles. The van der Waals surface area contributed by atoms with Gasteiger partial charge in [0.1, 0.15) is 11.6 Å². The number of nitrogens with one attached hydrogen (secondary N) is 1. The Hall–Kier alpha value is -1.46. The van der Waals surface area contributed by atoms with Gasteiger partial charge in [-0.15, -0.1) is 0 Å². The summed E-state index contributed by atoms with van der Waals surface area (Å²) in [5, 5.41) is 3.04. The number of hydrogen-bond donors (Lipinski definition) is 1. The Balaban J connectivity index is 2.19. The molecule has 0 aliphatic heterocycles. The predicted octanol–water partition coefficient (Wildman–Crippen LogP) is 3.89. The monoisotopic (exact) mass is 328 g/mol. The molecule has 1 N–H and O–H groups in total. The summed E-state index contributed by atoms with van der Waals surface area (Å²) >= 11 is 8.79. The predicted molar refractivity (Wildman–Crippen MR) is 71.3 cm³/mol. The zero-order valence-corrected chi connectivity index (χ0v) is 11.3. The van der Waals surface area contributed by atoms with Crippen molar-refractivity contribution in [3.63, 3.8) is 0 Å². The number of nitrogens with zero attached hydrogens (tertiary/aromatic N) is 1. The Morgan fingerprint density at radius 2 is 2.11 bits per heavy atom. The molecule has 0 aliphatic rings. The van der Waals surface area contributed by atoms with Crippen LogP contribution in [-0.4, -0.2) is 10.9 Å². The zero-order chi connectivity index (χ0) is 13.1. The summed E-state index contributed by atoms with van der Waals surface area (Å²) in [6, 6.07) is 7.13. The summed E-state index contributed by atoms with van der Waals surface area (Å²) in [6.07, 6.45) is 1.48. The van der Waals surface area contributed by atoms with Crippen molar-refractivity contribution < 1.29 is 9.18 Å².